The van der Waals surface area contributed by atoms with Crippen LogP contribution in [-0.4, -0.2) is 46.1 Å². The van der Waals surface area contributed by atoms with Gasteiger partial charge in [-0.3, -0.25) is 4.79 Å². The van der Waals surface area contributed by atoms with Gasteiger partial charge in [0.1, 0.15) is 0 Å². The second-order valence-electron chi connectivity index (χ2n) is 13.6. The smallest absolute Gasteiger partial charge is 0.222 e. The van der Waals surface area contributed by atoms with Gasteiger partial charge in [-0.15, -0.1) is 0 Å². The maximum absolute atomic E-state index is 12.3. The standard InChI is InChI=1S/C38H77NO4/c1-3-5-7-9-11-12-13-14-15-16-17-18-19-20-21-22-23-24-26-28-30-32-37(42)36(34-40)39-38(43)33-35(41)31-29-27-25-10-8-6-4-2/h35-37,40-42H,3-34H2,1-2H3,(H,39,43). The molecular weight excluding hydrogens is 534 g/mol. The minimum Gasteiger partial charge on any atom is -0.394 e. The number of carbonyl (C=O) groups is 1. The van der Waals surface area contributed by atoms with Crippen molar-refractivity contribution in [3.05, 3.63) is 0 Å². The SMILES string of the molecule is CCCCCCCCCCCCCCCCCCCCCCCC(O)C(CO)NC(=O)CC(O)CCCCCCCCC. The molecule has 3 atom stereocenters. The predicted octanol–water partition coefficient (Wildman–Crippen LogP) is 10.3. The monoisotopic (exact) mass is 612 g/mol. The average molecular weight is 612 g/mol. The molecule has 0 aromatic carbocycles. The highest BCUT2D eigenvalue weighted by Gasteiger charge is 2.21. The molecule has 0 bridgehead atoms. The van der Waals surface area contributed by atoms with Crippen LogP contribution in [0.25, 0.3) is 0 Å². The normalized spacial score (nSPS) is 13.7. The summed E-state index contributed by atoms with van der Waals surface area (Å²) in [5.74, 6) is -0.285. The van der Waals surface area contributed by atoms with E-state index in [-0.39, 0.29) is 18.9 Å². The first kappa shape index (κ1) is 42.3. The first-order valence-electron chi connectivity index (χ1n) is 19.3. The lowest BCUT2D eigenvalue weighted by molar-refractivity contribution is -0.125. The van der Waals surface area contributed by atoms with Crippen LogP contribution < -0.4 is 5.32 Å². The molecule has 0 heterocycles. The number of rotatable bonds is 35. The molecular formula is C38H77NO4. The Bertz CT molecular complexity index is 558. The van der Waals surface area contributed by atoms with E-state index in [9.17, 15) is 20.1 Å². The van der Waals surface area contributed by atoms with Gasteiger partial charge in [-0.2, -0.15) is 0 Å². The molecule has 0 aliphatic rings. The van der Waals surface area contributed by atoms with Gasteiger partial charge in [0.05, 0.1) is 31.3 Å². The molecule has 43 heavy (non-hydrogen) atoms. The van der Waals surface area contributed by atoms with Crippen LogP contribution in [0.1, 0.15) is 213 Å². The molecule has 0 saturated carbocycles. The quantitative estimate of drug-likeness (QED) is 0.0537. The Labute approximate surface area is 268 Å². The van der Waals surface area contributed by atoms with Crippen LogP contribution in [0.4, 0.5) is 0 Å². The summed E-state index contributed by atoms with van der Waals surface area (Å²) in [6, 6.07) is -0.650. The summed E-state index contributed by atoms with van der Waals surface area (Å²) in [6.07, 6.45) is 36.5. The largest absolute Gasteiger partial charge is 0.394 e. The van der Waals surface area contributed by atoms with E-state index >= 15 is 0 Å². The summed E-state index contributed by atoms with van der Waals surface area (Å²) in [6.45, 7) is 4.22. The highest BCUT2D eigenvalue weighted by atomic mass is 16.3. The van der Waals surface area contributed by atoms with Crippen LogP contribution in [0.5, 0.6) is 0 Å². The number of carbonyl (C=O) groups excluding carboxylic acids is 1. The summed E-state index contributed by atoms with van der Waals surface area (Å²) in [5.41, 5.74) is 0. The summed E-state index contributed by atoms with van der Waals surface area (Å²) in [4.78, 5) is 12.3. The maximum Gasteiger partial charge on any atom is 0.222 e. The van der Waals surface area contributed by atoms with Crippen LogP contribution in [0.2, 0.25) is 0 Å². The Morgan fingerprint density at radius 1 is 0.488 bits per heavy atom. The van der Waals surface area contributed by atoms with E-state index in [0.717, 1.165) is 25.7 Å². The summed E-state index contributed by atoms with van der Waals surface area (Å²) >= 11 is 0. The Hall–Kier alpha value is -0.650. The molecule has 5 nitrogen and oxygen atoms in total. The fourth-order valence-electron chi connectivity index (χ4n) is 6.17. The van der Waals surface area contributed by atoms with E-state index in [0.29, 0.717) is 12.8 Å². The third-order valence-electron chi connectivity index (χ3n) is 9.17. The Morgan fingerprint density at radius 2 is 0.791 bits per heavy atom. The number of unbranched alkanes of at least 4 members (excludes halogenated alkanes) is 26. The molecule has 0 radical (unpaired) electrons. The second-order valence-corrected chi connectivity index (χ2v) is 13.6. The second kappa shape index (κ2) is 34.2. The highest BCUT2D eigenvalue weighted by molar-refractivity contribution is 5.76. The van der Waals surface area contributed by atoms with E-state index in [4.69, 9.17) is 0 Å². The number of hydrogen-bond donors (Lipinski definition) is 4. The summed E-state index contributed by atoms with van der Waals surface area (Å²) in [5, 5.41) is 33.1. The van der Waals surface area contributed by atoms with Crippen molar-refractivity contribution in [2.24, 2.45) is 0 Å². The van der Waals surface area contributed by atoms with Gasteiger partial charge < -0.3 is 20.6 Å². The number of aliphatic hydroxyl groups is 3. The fourth-order valence-corrected chi connectivity index (χ4v) is 6.17. The third kappa shape index (κ3) is 31.1. The molecule has 0 rings (SSSR count). The number of aliphatic hydroxyl groups excluding tert-OH is 3. The first-order chi connectivity index (χ1) is 21.0. The number of amides is 1. The van der Waals surface area contributed by atoms with Crippen molar-refractivity contribution >= 4 is 5.91 Å². The van der Waals surface area contributed by atoms with Crippen molar-refractivity contribution in [1.29, 1.82) is 0 Å². The van der Waals surface area contributed by atoms with Gasteiger partial charge in [-0.25, -0.2) is 0 Å². The molecule has 4 N–H and O–H groups in total. The van der Waals surface area contributed by atoms with Gasteiger partial charge in [0.25, 0.3) is 0 Å². The summed E-state index contributed by atoms with van der Waals surface area (Å²) in [7, 11) is 0. The molecule has 258 valence electrons. The third-order valence-corrected chi connectivity index (χ3v) is 9.17. The van der Waals surface area contributed by atoms with Crippen molar-refractivity contribution in [2.75, 3.05) is 6.61 Å². The molecule has 0 aromatic rings. The van der Waals surface area contributed by atoms with Gasteiger partial charge in [0.15, 0.2) is 0 Å². The average Bonchev–Trinajstić information content (AvgIpc) is 3.00. The first-order valence-corrected chi connectivity index (χ1v) is 19.3. The lowest BCUT2D eigenvalue weighted by atomic mass is 10.0. The maximum atomic E-state index is 12.3. The van der Waals surface area contributed by atoms with Crippen LogP contribution in [-0.2, 0) is 4.79 Å². The zero-order chi connectivity index (χ0) is 31.6. The number of hydrogen-bond acceptors (Lipinski definition) is 4. The topological polar surface area (TPSA) is 89.8 Å². The van der Waals surface area contributed by atoms with E-state index in [1.54, 1.807) is 0 Å². The number of nitrogens with one attached hydrogen (secondary N) is 1. The molecule has 3 unspecified atom stereocenters. The molecule has 0 aliphatic carbocycles. The fraction of sp³-hybridized carbons (Fsp3) is 0.974. The predicted molar refractivity (Wildman–Crippen MR) is 186 cm³/mol. The Kier molecular flexibility index (Phi) is 33.7. The van der Waals surface area contributed by atoms with Gasteiger partial charge in [-0.1, -0.05) is 194 Å². The van der Waals surface area contributed by atoms with Crippen molar-refractivity contribution in [3.63, 3.8) is 0 Å². The van der Waals surface area contributed by atoms with Crippen molar-refractivity contribution in [2.45, 2.75) is 231 Å². The molecule has 1 amide bonds. The van der Waals surface area contributed by atoms with E-state index < -0.39 is 18.2 Å². The zero-order valence-corrected chi connectivity index (χ0v) is 29.1. The van der Waals surface area contributed by atoms with Crippen LogP contribution in [0.3, 0.4) is 0 Å². The molecule has 0 spiro atoms. The van der Waals surface area contributed by atoms with Gasteiger partial charge >= 0.3 is 0 Å². The van der Waals surface area contributed by atoms with E-state index in [1.807, 2.05) is 0 Å². The van der Waals surface area contributed by atoms with Gasteiger partial charge in [-0.05, 0) is 12.8 Å². The van der Waals surface area contributed by atoms with Crippen molar-refractivity contribution < 1.29 is 20.1 Å². The molecule has 0 saturated heterocycles. The summed E-state index contributed by atoms with van der Waals surface area (Å²) < 4.78 is 0. The minimum absolute atomic E-state index is 0.0401. The molecule has 0 fully saturated rings. The molecule has 0 aromatic heterocycles. The van der Waals surface area contributed by atoms with Crippen LogP contribution in [0.15, 0.2) is 0 Å². The molecule has 0 aliphatic heterocycles. The lowest BCUT2D eigenvalue weighted by Gasteiger charge is -2.23. The van der Waals surface area contributed by atoms with Gasteiger partial charge in [0, 0.05) is 0 Å². The van der Waals surface area contributed by atoms with Crippen molar-refractivity contribution in [1.82, 2.24) is 5.32 Å². The Morgan fingerprint density at radius 3 is 1.12 bits per heavy atom. The zero-order valence-electron chi connectivity index (χ0n) is 29.1. The minimum atomic E-state index is -0.741. The molecule has 5 heteroatoms. The van der Waals surface area contributed by atoms with E-state index in [2.05, 4.69) is 19.2 Å². The van der Waals surface area contributed by atoms with Crippen molar-refractivity contribution in [3.8, 4) is 0 Å². The van der Waals surface area contributed by atoms with Crippen LogP contribution >= 0.6 is 0 Å². The van der Waals surface area contributed by atoms with Crippen LogP contribution in [0, 0.1) is 0 Å². The highest BCUT2D eigenvalue weighted by Crippen LogP contribution is 2.16. The van der Waals surface area contributed by atoms with E-state index in [1.165, 1.54) is 154 Å². The van der Waals surface area contributed by atoms with Gasteiger partial charge in [0.2, 0.25) is 5.91 Å². The lowest BCUT2D eigenvalue weighted by Crippen LogP contribution is -2.46. The Balaban J connectivity index is 3.54.